The predicted octanol–water partition coefficient (Wildman–Crippen LogP) is 2.06. The Balaban J connectivity index is 1.84. The smallest absolute Gasteiger partial charge is 0.291 e. The van der Waals surface area contributed by atoms with Crippen LogP contribution in [0.2, 0.25) is 0 Å². The molecule has 0 aromatic heterocycles. The first-order valence-corrected chi connectivity index (χ1v) is 8.73. The number of morpholine rings is 1. The van der Waals surface area contributed by atoms with Gasteiger partial charge in [-0.15, -0.1) is 0 Å². The topological polar surface area (TPSA) is 63.2 Å². The fourth-order valence-electron chi connectivity index (χ4n) is 2.42. The molecule has 1 aliphatic rings. The first-order valence-electron chi connectivity index (χ1n) is 8.73. The lowest BCUT2D eigenvalue weighted by molar-refractivity contribution is 0.0377. The quantitative estimate of drug-likeness (QED) is 0.464. The van der Waals surface area contributed by atoms with Gasteiger partial charge in [0.25, 0.3) is 11.9 Å². The third kappa shape index (κ3) is 7.19. The molecule has 6 nitrogen and oxygen atoms in total. The Hall–Kier alpha value is -1.99. The van der Waals surface area contributed by atoms with Crippen LogP contribution in [0.3, 0.4) is 0 Å². The van der Waals surface area contributed by atoms with Crippen molar-refractivity contribution in [3.63, 3.8) is 0 Å². The van der Waals surface area contributed by atoms with Gasteiger partial charge < -0.3 is 9.47 Å². The van der Waals surface area contributed by atoms with Gasteiger partial charge in [-0.05, 0) is 31.0 Å². The van der Waals surface area contributed by atoms with Crippen molar-refractivity contribution in [2.75, 3.05) is 46.0 Å². The van der Waals surface area contributed by atoms with Crippen LogP contribution in [0.1, 0.15) is 30.1 Å². The summed E-state index contributed by atoms with van der Waals surface area (Å²) in [6, 6.07) is 5.72. The third-order valence-electron chi connectivity index (χ3n) is 3.74. The first-order chi connectivity index (χ1) is 12.2. The van der Waals surface area contributed by atoms with Gasteiger partial charge in [-0.2, -0.15) is 0 Å². The van der Waals surface area contributed by atoms with Crippen molar-refractivity contribution in [2.45, 2.75) is 19.8 Å². The Kier molecular flexibility index (Phi) is 8.34. The maximum Gasteiger partial charge on any atom is 0.291 e. The van der Waals surface area contributed by atoms with E-state index in [-0.39, 0.29) is 11.6 Å². The third-order valence-corrected chi connectivity index (χ3v) is 3.74. The largest absolute Gasteiger partial charge is 0.465 e. The number of hydrogen-bond acceptors (Lipinski definition) is 5. The van der Waals surface area contributed by atoms with Gasteiger partial charge in [0.2, 0.25) is 0 Å². The Labute approximate surface area is 148 Å². The van der Waals surface area contributed by atoms with Crippen LogP contribution in [0, 0.1) is 5.82 Å². The molecule has 1 N–H and O–H groups in total. The van der Waals surface area contributed by atoms with Gasteiger partial charge in [0.15, 0.2) is 0 Å². The molecule has 1 amide bonds. The minimum Gasteiger partial charge on any atom is -0.465 e. The zero-order chi connectivity index (χ0) is 17.9. The fourth-order valence-corrected chi connectivity index (χ4v) is 2.42. The second-order valence-corrected chi connectivity index (χ2v) is 5.81. The van der Waals surface area contributed by atoms with E-state index in [0.29, 0.717) is 13.2 Å². The average molecular weight is 351 g/mol. The normalized spacial score (nSPS) is 15.8. The van der Waals surface area contributed by atoms with Crippen molar-refractivity contribution in [1.29, 1.82) is 0 Å². The summed E-state index contributed by atoms with van der Waals surface area (Å²) in [7, 11) is 0. The molecule has 2 rings (SSSR count). The molecule has 1 aliphatic heterocycles. The Morgan fingerprint density at radius 2 is 2.20 bits per heavy atom. The molecular formula is C18H26FN3O3. The van der Waals surface area contributed by atoms with Crippen molar-refractivity contribution in [3.8, 4) is 0 Å². The fraction of sp³-hybridized carbons (Fsp3) is 0.556. The highest BCUT2D eigenvalue weighted by atomic mass is 19.1. The number of ether oxygens (including phenoxy) is 2. The minimum absolute atomic E-state index is 0.193. The molecule has 0 atom stereocenters. The molecule has 0 unspecified atom stereocenters. The van der Waals surface area contributed by atoms with Gasteiger partial charge in [-0.3, -0.25) is 15.0 Å². The number of benzene rings is 1. The predicted molar refractivity (Wildman–Crippen MR) is 94.3 cm³/mol. The maximum atomic E-state index is 13.2. The van der Waals surface area contributed by atoms with E-state index in [2.05, 4.69) is 15.2 Å². The number of amidine groups is 1. The molecule has 138 valence electrons. The highest BCUT2D eigenvalue weighted by molar-refractivity contribution is 6.04. The molecule has 0 aliphatic carbocycles. The summed E-state index contributed by atoms with van der Waals surface area (Å²) in [5, 5.41) is 2.62. The number of nitrogens with one attached hydrogen (secondary N) is 1. The van der Waals surface area contributed by atoms with E-state index >= 15 is 0 Å². The van der Waals surface area contributed by atoms with E-state index in [9.17, 15) is 9.18 Å². The summed E-state index contributed by atoms with van der Waals surface area (Å²) >= 11 is 0. The van der Waals surface area contributed by atoms with Crippen molar-refractivity contribution in [2.24, 2.45) is 4.99 Å². The van der Waals surface area contributed by atoms with Crippen LogP contribution < -0.4 is 5.32 Å². The second-order valence-electron chi connectivity index (χ2n) is 5.81. The van der Waals surface area contributed by atoms with Crippen LogP contribution in [-0.2, 0) is 9.47 Å². The van der Waals surface area contributed by atoms with E-state index in [0.717, 1.165) is 45.7 Å². The average Bonchev–Trinajstić information content (AvgIpc) is 2.63. The molecule has 0 radical (unpaired) electrons. The molecule has 25 heavy (non-hydrogen) atoms. The van der Waals surface area contributed by atoms with E-state index in [1.165, 1.54) is 18.2 Å². The van der Waals surface area contributed by atoms with Crippen LogP contribution in [0.15, 0.2) is 29.3 Å². The van der Waals surface area contributed by atoms with Gasteiger partial charge in [-0.25, -0.2) is 9.38 Å². The molecule has 1 fully saturated rings. The highest BCUT2D eigenvalue weighted by Crippen LogP contribution is 2.03. The molecule has 0 spiro atoms. The lowest BCUT2D eigenvalue weighted by Crippen LogP contribution is -2.37. The van der Waals surface area contributed by atoms with Crippen LogP contribution >= 0.6 is 0 Å². The van der Waals surface area contributed by atoms with Gasteiger partial charge in [0, 0.05) is 31.7 Å². The van der Waals surface area contributed by atoms with Crippen LogP contribution in [0.5, 0.6) is 0 Å². The summed E-state index contributed by atoms with van der Waals surface area (Å²) in [6.45, 7) is 7.37. The number of amides is 1. The molecule has 1 saturated heterocycles. The molecule has 1 aromatic carbocycles. The molecular weight excluding hydrogens is 325 g/mol. The van der Waals surface area contributed by atoms with E-state index in [1.54, 1.807) is 6.07 Å². The van der Waals surface area contributed by atoms with Gasteiger partial charge >= 0.3 is 0 Å². The highest BCUT2D eigenvalue weighted by Gasteiger charge is 2.12. The zero-order valence-electron chi connectivity index (χ0n) is 14.7. The number of aliphatic imine (C=N–C) groups is 1. The maximum absolute atomic E-state index is 13.2. The van der Waals surface area contributed by atoms with Gasteiger partial charge in [0.1, 0.15) is 5.82 Å². The van der Waals surface area contributed by atoms with E-state index in [4.69, 9.17) is 9.47 Å². The number of nitrogens with zero attached hydrogens (tertiary/aromatic N) is 2. The van der Waals surface area contributed by atoms with Gasteiger partial charge in [-0.1, -0.05) is 13.0 Å². The monoisotopic (exact) mass is 351 g/mol. The summed E-state index contributed by atoms with van der Waals surface area (Å²) in [4.78, 5) is 18.9. The lowest BCUT2D eigenvalue weighted by atomic mass is 10.2. The summed E-state index contributed by atoms with van der Waals surface area (Å²) in [5.41, 5.74) is 0.237. The van der Waals surface area contributed by atoms with Crippen molar-refractivity contribution < 1.29 is 18.7 Å². The molecule has 1 heterocycles. The Morgan fingerprint density at radius 3 is 2.92 bits per heavy atom. The molecule has 1 aromatic rings. The Morgan fingerprint density at radius 1 is 1.40 bits per heavy atom. The summed E-state index contributed by atoms with van der Waals surface area (Å²) in [5.74, 6) is -0.881. The van der Waals surface area contributed by atoms with Crippen LogP contribution in [0.4, 0.5) is 4.39 Å². The molecule has 0 saturated carbocycles. The van der Waals surface area contributed by atoms with Crippen LogP contribution in [0.25, 0.3) is 0 Å². The van der Waals surface area contributed by atoms with Crippen molar-refractivity contribution in [1.82, 2.24) is 10.2 Å². The van der Waals surface area contributed by atoms with Crippen molar-refractivity contribution in [3.05, 3.63) is 35.6 Å². The Bertz CT molecular complexity index is 574. The summed E-state index contributed by atoms with van der Waals surface area (Å²) in [6.07, 6.45) is 1.68. The lowest BCUT2D eigenvalue weighted by Gasteiger charge is -2.26. The minimum atomic E-state index is -0.453. The summed E-state index contributed by atoms with van der Waals surface area (Å²) < 4.78 is 24.1. The zero-order valence-corrected chi connectivity index (χ0v) is 14.7. The van der Waals surface area contributed by atoms with Crippen molar-refractivity contribution >= 4 is 11.9 Å². The van der Waals surface area contributed by atoms with Crippen LogP contribution in [-0.4, -0.2) is 62.8 Å². The first kappa shape index (κ1) is 19.3. The second kappa shape index (κ2) is 10.8. The SMILES string of the molecule is CCCOC(=NCCCN1CCOCC1)NC(=O)c1cccc(F)c1. The number of rotatable bonds is 7. The van der Waals surface area contributed by atoms with E-state index < -0.39 is 11.7 Å². The molecule has 0 bridgehead atoms. The number of halogens is 1. The number of carbonyl (C=O) groups excluding carboxylic acids is 1. The standard InChI is InChI=1S/C18H26FN3O3/c1-2-11-25-18(20-7-4-8-22-9-12-24-13-10-22)21-17(23)15-5-3-6-16(19)14-15/h3,5-6,14H,2,4,7-13H2,1H3,(H,20,21,23). The molecule has 7 heteroatoms. The number of carbonyl (C=O) groups is 1. The number of hydrogen-bond donors (Lipinski definition) is 1. The van der Waals surface area contributed by atoms with E-state index in [1.807, 2.05) is 6.92 Å². The van der Waals surface area contributed by atoms with Gasteiger partial charge in [0.05, 0.1) is 19.8 Å².